The van der Waals surface area contributed by atoms with Gasteiger partial charge in [0.05, 0.1) is 11.8 Å². The van der Waals surface area contributed by atoms with Crippen LogP contribution in [0.15, 0.2) is 53.2 Å². The lowest BCUT2D eigenvalue weighted by Gasteiger charge is -2.09. The molecule has 1 aromatic carbocycles. The number of aromatic nitrogens is 6. The highest BCUT2D eigenvalue weighted by Gasteiger charge is 2.18. The normalized spacial score (nSPS) is 12.1. The summed E-state index contributed by atoms with van der Waals surface area (Å²) in [4.78, 5) is 15.0. The van der Waals surface area contributed by atoms with Crippen LogP contribution in [-0.2, 0) is 6.61 Å². The van der Waals surface area contributed by atoms with Crippen LogP contribution >= 0.6 is 0 Å². The second-order valence-corrected chi connectivity index (χ2v) is 9.36. The van der Waals surface area contributed by atoms with Crippen LogP contribution in [0.3, 0.4) is 0 Å². The number of rotatable bonds is 6. The molecule has 1 N–H and O–H groups in total. The monoisotopic (exact) mass is 590 g/mol. The Labute approximate surface area is 254 Å². The van der Waals surface area contributed by atoms with Gasteiger partial charge in [0, 0.05) is 28.6 Å². The summed E-state index contributed by atoms with van der Waals surface area (Å²) in [6.07, 6.45) is 9.50. The van der Waals surface area contributed by atoms with Crippen LogP contribution in [0.4, 0.5) is 0 Å². The molecule has 0 bridgehead atoms. The average molecular weight is 591 g/mol. The molecule has 0 spiro atoms. The second-order valence-electron chi connectivity index (χ2n) is 9.36. The second kappa shape index (κ2) is 19.1. The molecular formula is C33H46N6O4. The lowest BCUT2D eigenvalue weighted by Crippen LogP contribution is -2.04. The van der Waals surface area contributed by atoms with Gasteiger partial charge >= 0.3 is 0 Å². The maximum atomic E-state index is 10.8. The summed E-state index contributed by atoms with van der Waals surface area (Å²) in [5.74, 6) is 1.54. The zero-order chi connectivity index (χ0) is 31.6. The van der Waals surface area contributed by atoms with E-state index >= 15 is 0 Å². The van der Waals surface area contributed by atoms with Crippen LogP contribution in [0.2, 0.25) is 0 Å². The SMILES string of the molecule is CC.CC.CCCC.Cc1cc(-c2nnc3c4ccccc4c(OCc4ccc(C=O)cn4)nn23)no1.OC1CCCC1. The summed E-state index contributed by atoms with van der Waals surface area (Å²) in [6.45, 7) is 14.4. The molecule has 1 saturated carbocycles. The molecule has 1 aliphatic rings. The van der Waals surface area contributed by atoms with Gasteiger partial charge in [-0.15, -0.1) is 15.3 Å². The minimum absolute atomic E-state index is 0.0463. The first-order valence-electron chi connectivity index (χ1n) is 15.3. The Kier molecular flexibility index (Phi) is 15.5. The number of ether oxygens (including phenoxy) is 1. The van der Waals surface area contributed by atoms with E-state index in [0.29, 0.717) is 40.1 Å². The number of carbonyl (C=O) groups excluding carboxylic acids is 1. The predicted octanol–water partition coefficient (Wildman–Crippen LogP) is 7.81. The summed E-state index contributed by atoms with van der Waals surface area (Å²) >= 11 is 0. The van der Waals surface area contributed by atoms with Crippen molar-refractivity contribution in [2.24, 2.45) is 0 Å². The Morgan fingerprint density at radius 3 is 2.19 bits per heavy atom. The summed E-state index contributed by atoms with van der Waals surface area (Å²) in [7, 11) is 0. The highest BCUT2D eigenvalue weighted by Crippen LogP contribution is 2.29. The Morgan fingerprint density at radius 2 is 1.67 bits per heavy atom. The van der Waals surface area contributed by atoms with Crippen molar-refractivity contribution < 1.29 is 19.2 Å². The van der Waals surface area contributed by atoms with Crippen molar-refractivity contribution >= 4 is 22.7 Å². The van der Waals surface area contributed by atoms with Gasteiger partial charge < -0.3 is 14.4 Å². The van der Waals surface area contributed by atoms with E-state index in [-0.39, 0.29) is 12.7 Å². The van der Waals surface area contributed by atoms with E-state index < -0.39 is 0 Å². The molecule has 4 heterocycles. The third-order valence-electron chi connectivity index (χ3n) is 6.25. The average Bonchev–Trinajstić information content (AvgIpc) is 3.84. The Morgan fingerprint density at radius 1 is 1.00 bits per heavy atom. The summed E-state index contributed by atoms with van der Waals surface area (Å²) in [5, 5.41) is 27.5. The molecule has 10 nitrogen and oxygen atoms in total. The van der Waals surface area contributed by atoms with Crippen LogP contribution in [0.1, 0.15) is 102 Å². The van der Waals surface area contributed by atoms with Crippen molar-refractivity contribution in [3.8, 4) is 17.4 Å². The van der Waals surface area contributed by atoms with Crippen molar-refractivity contribution in [1.82, 2.24) is 30.0 Å². The fraction of sp³-hybridized carbons (Fsp3) is 0.455. The number of hydrogen-bond donors (Lipinski definition) is 1. The van der Waals surface area contributed by atoms with Crippen LogP contribution in [-0.4, -0.2) is 47.4 Å². The van der Waals surface area contributed by atoms with Gasteiger partial charge in [-0.3, -0.25) is 9.78 Å². The van der Waals surface area contributed by atoms with Crippen molar-refractivity contribution in [3.05, 3.63) is 65.7 Å². The molecule has 0 aliphatic heterocycles. The van der Waals surface area contributed by atoms with Gasteiger partial charge in [-0.2, -0.15) is 4.52 Å². The first-order chi connectivity index (χ1) is 21.0. The maximum absolute atomic E-state index is 10.8. The number of benzene rings is 1. The number of aliphatic hydroxyl groups is 1. The van der Waals surface area contributed by atoms with Crippen LogP contribution in [0.25, 0.3) is 27.9 Å². The van der Waals surface area contributed by atoms with Crippen LogP contribution in [0.5, 0.6) is 5.88 Å². The van der Waals surface area contributed by atoms with Crippen LogP contribution in [0, 0.1) is 6.92 Å². The highest BCUT2D eigenvalue weighted by atomic mass is 16.5. The van der Waals surface area contributed by atoms with Gasteiger partial charge in [-0.25, -0.2) is 0 Å². The fourth-order valence-electron chi connectivity index (χ4n) is 3.93. The molecule has 0 amide bonds. The number of carbonyl (C=O) groups is 1. The van der Waals surface area contributed by atoms with Gasteiger partial charge in [-0.1, -0.05) is 90.6 Å². The molecule has 1 aliphatic carbocycles. The Balaban J connectivity index is 0.000000388. The predicted molar refractivity (Wildman–Crippen MR) is 170 cm³/mol. The van der Waals surface area contributed by atoms with E-state index in [0.717, 1.165) is 29.9 Å². The Hall–Kier alpha value is -4.18. The van der Waals surface area contributed by atoms with E-state index in [1.807, 2.05) is 52.0 Å². The number of aliphatic hydroxyl groups excluding tert-OH is 1. The van der Waals surface area contributed by atoms with Crippen molar-refractivity contribution in [3.63, 3.8) is 0 Å². The van der Waals surface area contributed by atoms with Gasteiger partial charge in [0.2, 0.25) is 11.7 Å². The third kappa shape index (κ3) is 9.95. The van der Waals surface area contributed by atoms with Crippen molar-refractivity contribution in [2.45, 2.75) is 99.7 Å². The minimum Gasteiger partial charge on any atom is -0.470 e. The van der Waals surface area contributed by atoms with E-state index in [4.69, 9.17) is 14.4 Å². The number of unbranched alkanes of at least 4 members (excludes halogenated alkanes) is 1. The number of aryl methyl sites for hydroxylation is 1. The van der Waals surface area contributed by atoms with E-state index in [2.05, 4.69) is 39.3 Å². The first-order valence-corrected chi connectivity index (χ1v) is 15.3. The molecule has 43 heavy (non-hydrogen) atoms. The molecule has 10 heteroatoms. The topological polar surface area (TPSA) is 129 Å². The van der Waals surface area contributed by atoms with Crippen LogP contribution < -0.4 is 4.74 Å². The van der Waals surface area contributed by atoms with Gasteiger partial charge in [0.15, 0.2) is 17.6 Å². The lowest BCUT2D eigenvalue weighted by molar-refractivity contribution is 0.112. The number of aldehydes is 1. The summed E-state index contributed by atoms with van der Waals surface area (Å²) < 4.78 is 12.7. The summed E-state index contributed by atoms with van der Waals surface area (Å²) in [5.41, 5.74) is 2.32. The van der Waals surface area contributed by atoms with Crippen molar-refractivity contribution in [1.29, 1.82) is 0 Å². The lowest BCUT2D eigenvalue weighted by atomic mass is 10.2. The first kappa shape index (κ1) is 35.0. The number of hydrogen-bond acceptors (Lipinski definition) is 9. The zero-order valence-electron chi connectivity index (χ0n) is 26.6. The molecule has 0 radical (unpaired) electrons. The summed E-state index contributed by atoms with van der Waals surface area (Å²) in [6, 6.07) is 12.9. The smallest absolute Gasteiger partial charge is 0.240 e. The molecule has 6 rings (SSSR count). The zero-order valence-corrected chi connectivity index (χ0v) is 26.6. The Bertz CT molecular complexity index is 1490. The number of nitrogens with zero attached hydrogens (tertiary/aromatic N) is 6. The molecule has 0 unspecified atom stereocenters. The standard InChI is InChI=1S/C20H14N6O3.C5H10O.C4H10.2C2H6/c1-12-8-17(25-29-12)19-23-22-18-15-4-2-3-5-16(15)20(24-26(18)19)28-11-14-7-6-13(10-27)9-21-14;6-5-3-1-2-4-5;1-3-4-2;2*1-2/h2-10H,11H2,1H3;5-6H,1-4H2;3-4H2,1-2H3;2*1-2H3. The van der Waals surface area contributed by atoms with E-state index in [1.54, 1.807) is 29.6 Å². The third-order valence-corrected chi connectivity index (χ3v) is 6.25. The quantitative estimate of drug-likeness (QED) is 0.197. The van der Waals surface area contributed by atoms with E-state index in [9.17, 15) is 4.79 Å². The molecular weight excluding hydrogens is 544 g/mol. The van der Waals surface area contributed by atoms with E-state index in [1.165, 1.54) is 31.9 Å². The number of pyridine rings is 1. The van der Waals surface area contributed by atoms with Gasteiger partial charge in [0.25, 0.3) is 0 Å². The largest absolute Gasteiger partial charge is 0.470 e. The molecule has 5 aromatic rings. The molecule has 0 saturated heterocycles. The fourth-order valence-corrected chi connectivity index (χ4v) is 3.93. The van der Waals surface area contributed by atoms with Crippen molar-refractivity contribution in [2.75, 3.05) is 0 Å². The molecule has 0 atom stereocenters. The maximum Gasteiger partial charge on any atom is 0.240 e. The van der Waals surface area contributed by atoms with Gasteiger partial charge in [0.1, 0.15) is 12.4 Å². The molecule has 1 fully saturated rings. The molecule has 232 valence electrons. The molecule has 4 aromatic heterocycles. The number of fused-ring (bicyclic) bond motifs is 3. The van der Waals surface area contributed by atoms with Gasteiger partial charge in [-0.05, 0) is 38.0 Å². The minimum atomic E-state index is 0.0463. The highest BCUT2D eigenvalue weighted by molar-refractivity contribution is 5.96.